The number of nitrogens with two attached hydrogens (primary N) is 1. The molecule has 2 heterocycles. The largest absolute Gasteiger partial charge is 0.384 e. The van der Waals surface area contributed by atoms with Crippen LogP contribution >= 0.6 is 0 Å². The number of aromatic nitrogens is 4. The van der Waals surface area contributed by atoms with E-state index in [-0.39, 0.29) is 16.6 Å². The molecule has 0 atom stereocenters. The zero-order valence-electron chi connectivity index (χ0n) is 13.5. The van der Waals surface area contributed by atoms with Crippen molar-refractivity contribution in [3.05, 3.63) is 68.7 Å². The molecule has 0 aliphatic heterocycles. The van der Waals surface area contributed by atoms with Crippen LogP contribution in [-0.4, -0.2) is 19.7 Å². The van der Waals surface area contributed by atoms with Crippen molar-refractivity contribution in [3.8, 4) is 5.69 Å². The van der Waals surface area contributed by atoms with Crippen molar-refractivity contribution < 1.29 is 0 Å². The monoisotopic (exact) mass is 322 g/mol. The van der Waals surface area contributed by atoms with Gasteiger partial charge in [0.15, 0.2) is 0 Å². The van der Waals surface area contributed by atoms with E-state index < -0.39 is 0 Å². The summed E-state index contributed by atoms with van der Waals surface area (Å²) < 4.78 is 1.40. The molecule has 0 saturated carbocycles. The van der Waals surface area contributed by atoms with Crippen molar-refractivity contribution >= 4 is 18.3 Å². The molecule has 2 aromatic heterocycles. The quantitative estimate of drug-likeness (QED) is 0.636. The molecule has 1 aromatic carbocycles. The average Bonchev–Trinajstić information content (AvgIpc) is 2.82. The fourth-order valence-corrected chi connectivity index (χ4v) is 2.48. The van der Waals surface area contributed by atoms with Gasteiger partial charge in [0.25, 0.3) is 5.56 Å². The van der Waals surface area contributed by atoms with Crippen LogP contribution in [-0.2, 0) is 0 Å². The van der Waals surface area contributed by atoms with Gasteiger partial charge < -0.3 is 11.1 Å². The molecule has 0 bridgehead atoms. The smallest absolute Gasteiger partial charge is 0.282 e. The second kappa shape index (κ2) is 6.04. The summed E-state index contributed by atoms with van der Waals surface area (Å²) in [5, 5.41) is 6.50. The number of benzene rings is 1. The van der Waals surface area contributed by atoms with Gasteiger partial charge in [-0.15, -0.1) is 0 Å². The van der Waals surface area contributed by atoms with Gasteiger partial charge in [-0.3, -0.25) is 9.89 Å². The van der Waals surface area contributed by atoms with E-state index in [0.717, 1.165) is 11.4 Å². The Morgan fingerprint density at radius 1 is 1.21 bits per heavy atom. The molecule has 0 radical (unpaired) electrons. The third kappa shape index (κ3) is 2.91. The molecule has 0 fully saturated rings. The number of hydrogen-bond donors (Lipinski definition) is 3. The Labute approximate surface area is 138 Å². The maximum absolute atomic E-state index is 12.7. The predicted molar refractivity (Wildman–Crippen MR) is 93.9 cm³/mol. The van der Waals surface area contributed by atoms with Crippen molar-refractivity contribution in [1.82, 2.24) is 19.7 Å². The Morgan fingerprint density at radius 3 is 2.46 bits per heavy atom. The Hall–Kier alpha value is -3.35. The summed E-state index contributed by atoms with van der Waals surface area (Å²) in [4.78, 5) is 21.2. The molecule has 0 amide bonds. The Morgan fingerprint density at radius 2 is 1.83 bits per heavy atom. The van der Waals surface area contributed by atoms with E-state index in [0.29, 0.717) is 17.0 Å². The third-order valence-electron chi connectivity index (χ3n) is 3.48. The van der Waals surface area contributed by atoms with Crippen LogP contribution in [0.2, 0.25) is 0 Å². The molecule has 0 saturated heterocycles. The molecule has 0 unspecified atom stereocenters. The van der Waals surface area contributed by atoms with Gasteiger partial charge in [-0.05, 0) is 32.0 Å². The van der Waals surface area contributed by atoms with Gasteiger partial charge in [-0.2, -0.15) is 0 Å². The molecule has 4 N–H and O–H groups in total. The molecular formula is C17H18N6O. The maximum Gasteiger partial charge on any atom is 0.282 e. The summed E-state index contributed by atoms with van der Waals surface area (Å²) in [5.74, 6) is 0.497. The first-order valence-electron chi connectivity index (χ1n) is 7.40. The van der Waals surface area contributed by atoms with Crippen LogP contribution in [0.4, 0.5) is 5.95 Å². The standard InChI is InChI=1S/C17H18N6O/c1-10-9-11(2)20-17(19-10)21-15(18)14-12(3)22-23(16(14)24)13-7-5-4-6-8-13/h4-9,22H,3,18H2,1-2H3,(H,19,20,21)/b15-14+. The number of hydrogen-bond acceptors (Lipinski definition) is 5. The van der Waals surface area contributed by atoms with Gasteiger partial charge in [0.2, 0.25) is 5.95 Å². The molecule has 3 aromatic rings. The number of nitrogens with zero attached hydrogens (tertiary/aromatic N) is 3. The van der Waals surface area contributed by atoms with E-state index >= 15 is 0 Å². The minimum absolute atomic E-state index is 0.154. The Balaban J connectivity index is 2.11. The highest BCUT2D eigenvalue weighted by Gasteiger charge is 2.08. The van der Waals surface area contributed by atoms with Crippen LogP contribution < -0.4 is 27.2 Å². The van der Waals surface area contributed by atoms with Crippen LogP contribution in [0, 0.1) is 13.8 Å². The van der Waals surface area contributed by atoms with Gasteiger partial charge in [0, 0.05) is 11.4 Å². The molecule has 0 spiro atoms. The van der Waals surface area contributed by atoms with Crippen LogP contribution in [0.5, 0.6) is 0 Å². The lowest BCUT2D eigenvalue weighted by atomic mass is 10.3. The molecule has 24 heavy (non-hydrogen) atoms. The highest BCUT2D eigenvalue weighted by atomic mass is 16.1. The number of aryl methyl sites for hydroxylation is 2. The molecule has 0 aliphatic carbocycles. The average molecular weight is 322 g/mol. The van der Waals surface area contributed by atoms with Gasteiger partial charge >= 0.3 is 0 Å². The highest BCUT2D eigenvalue weighted by molar-refractivity contribution is 5.56. The van der Waals surface area contributed by atoms with E-state index in [1.54, 1.807) is 0 Å². The summed E-state index contributed by atoms with van der Waals surface area (Å²) in [7, 11) is 0. The second-order valence-corrected chi connectivity index (χ2v) is 5.45. The van der Waals surface area contributed by atoms with Crippen LogP contribution in [0.1, 0.15) is 11.4 Å². The molecule has 3 rings (SSSR count). The predicted octanol–water partition coefficient (Wildman–Crippen LogP) is 0.119. The van der Waals surface area contributed by atoms with Crippen LogP contribution in [0.3, 0.4) is 0 Å². The Kier molecular flexibility index (Phi) is 3.91. The summed E-state index contributed by atoms with van der Waals surface area (Å²) in [6.45, 7) is 7.59. The number of H-pyrrole nitrogens is 1. The zero-order chi connectivity index (χ0) is 17.3. The molecular weight excluding hydrogens is 304 g/mol. The van der Waals surface area contributed by atoms with Crippen molar-refractivity contribution in [2.45, 2.75) is 13.8 Å². The summed E-state index contributed by atoms with van der Waals surface area (Å²) in [5.41, 5.74) is 8.10. The van der Waals surface area contributed by atoms with E-state index in [1.807, 2.05) is 50.2 Å². The Bertz CT molecular complexity index is 1030. The van der Waals surface area contributed by atoms with Gasteiger partial charge in [0.05, 0.1) is 11.0 Å². The summed E-state index contributed by atoms with van der Waals surface area (Å²) in [6, 6.07) is 11.1. The fraction of sp³-hybridized carbons (Fsp3) is 0.118. The SMILES string of the molecule is C=c1[nH]n(-c2ccccc2)c(=O)/c1=C(\N)Nc1nc(C)cc(C)n1. The summed E-state index contributed by atoms with van der Waals surface area (Å²) >= 11 is 0. The number of nitrogens with one attached hydrogen (secondary N) is 2. The molecule has 7 heteroatoms. The number of para-hydroxylation sites is 1. The second-order valence-electron chi connectivity index (χ2n) is 5.45. The maximum atomic E-state index is 12.7. The van der Waals surface area contributed by atoms with E-state index in [2.05, 4.69) is 27.0 Å². The van der Waals surface area contributed by atoms with Crippen molar-refractivity contribution in [2.24, 2.45) is 5.73 Å². The number of anilines is 1. The molecule has 0 aliphatic rings. The van der Waals surface area contributed by atoms with Gasteiger partial charge in [0.1, 0.15) is 11.0 Å². The van der Waals surface area contributed by atoms with E-state index in [9.17, 15) is 4.79 Å². The number of rotatable bonds is 3. The fourth-order valence-electron chi connectivity index (χ4n) is 2.48. The first kappa shape index (κ1) is 15.5. The first-order chi connectivity index (χ1) is 11.5. The lowest BCUT2D eigenvalue weighted by Gasteiger charge is -2.05. The molecule has 122 valence electrons. The van der Waals surface area contributed by atoms with Gasteiger partial charge in [-0.1, -0.05) is 24.8 Å². The van der Waals surface area contributed by atoms with Crippen molar-refractivity contribution in [3.63, 3.8) is 0 Å². The normalized spacial score (nSPS) is 12.1. The minimum atomic E-state index is -0.291. The third-order valence-corrected chi connectivity index (χ3v) is 3.48. The first-order valence-corrected chi connectivity index (χ1v) is 7.40. The van der Waals surface area contributed by atoms with E-state index in [4.69, 9.17) is 5.73 Å². The van der Waals surface area contributed by atoms with Gasteiger partial charge in [-0.25, -0.2) is 14.6 Å². The zero-order valence-corrected chi connectivity index (χ0v) is 13.5. The van der Waals surface area contributed by atoms with Crippen LogP contribution in [0.25, 0.3) is 18.1 Å². The minimum Gasteiger partial charge on any atom is -0.384 e. The van der Waals surface area contributed by atoms with Crippen LogP contribution in [0.15, 0.2) is 41.2 Å². The lowest BCUT2D eigenvalue weighted by molar-refractivity contribution is 0.838. The summed E-state index contributed by atoms with van der Waals surface area (Å²) in [6.07, 6.45) is 0. The lowest BCUT2D eigenvalue weighted by Crippen LogP contribution is -2.40. The van der Waals surface area contributed by atoms with E-state index in [1.165, 1.54) is 4.68 Å². The van der Waals surface area contributed by atoms with Crippen molar-refractivity contribution in [1.29, 1.82) is 0 Å². The highest BCUT2D eigenvalue weighted by Crippen LogP contribution is 2.04. The topological polar surface area (TPSA) is 102 Å². The number of aromatic amines is 1. The molecule has 7 nitrogen and oxygen atoms in total. The van der Waals surface area contributed by atoms with Crippen molar-refractivity contribution in [2.75, 3.05) is 5.32 Å².